The molecule has 3 aromatic heterocycles. The fourth-order valence-electron chi connectivity index (χ4n) is 2.93. The molecule has 1 aliphatic carbocycles. The molecule has 3 aromatic rings. The highest BCUT2D eigenvalue weighted by Crippen LogP contribution is 2.35. The van der Waals surface area contributed by atoms with Crippen LogP contribution in [0.25, 0.3) is 5.65 Å². The van der Waals surface area contributed by atoms with E-state index in [0.29, 0.717) is 0 Å². The summed E-state index contributed by atoms with van der Waals surface area (Å²) in [5.41, 5.74) is 3.88. The van der Waals surface area contributed by atoms with Crippen molar-refractivity contribution in [2.24, 2.45) is 0 Å². The molecular formula is C14H16N6S. The smallest absolute Gasteiger partial charge is 0.200 e. The molecule has 0 amide bonds. The molecule has 6 nitrogen and oxygen atoms in total. The fraction of sp³-hybridized carbons (Fsp3) is 0.429. The van der Waals surface area contributed by atoms with Gasteiger partial charge in [0.05, 0.1) is 28.1 Å². The van der Waals surface area contributed by atoms with Crippen LogP contribution in [0.1, 0.15) is 40.2 Å². The quantitative estimate of drug-likeness (QED) is 0.788. The minimum Gasteiger partial charge on any atom is -0.373 e. The Balaban J connectivity index is 1.74. The van der Waals surface area contributed by atoms with Gasteiger partial charge in [0.2, 0.25) is 5.65 Å². The van der Waals surface area contributed by atoms with Crippen LogP contribution in [-0.2, 0) is 6.42 Å². The number of aromatic nitrogens is 5. The van der Waals surface area contributed by atoms with Crippen LogP contribution in [0.2, 0.25) is 0 Å². The molecule has 0 spiro atoms. The third-order valence-corrected chi connectivity index (χ3v) is 4.83. The van der Waals surface area contributed by atoms with E-state index in [0.717, 1.165) is 34.9 Å². The Bertz CT molecular complexity index is 805. The van der Waals surface area contributed by atoms with Crippen molar-refractivity contribution in [2.45, 2.75) is 39.2 Å². The largest absolute Gasteiger partial charge is 0.373 e. The lowest BCUT2D eigenvalue weighted by Crippen LogP contribution is -2.17. The summed E-state index contributed by atoms with van der Waals surface area (Å²) < 4.78 is 1.72. The van der Waals surface area contributed by atoms with Gasteiger partial charge in [-0.3, -0.25) is 0 Å². The minimum atomic E-state index is 0.251. The lowest BCUT2D eigenvalue weighted by atomic mass is 9.97. The maximum absolute atomic E-state index is 4.72. The van der Waals surface area contributed by atoms with Crippen LogP contribution >= 0.6 is 11.3 Å². The normalized spacial score (nSPS) is 17.9. The highest BCUT2D eigenvalue weighted by Gasteiger charge is 2.24. The van der Waals surface area contributed by atoms with Gasteiger partial charge >= 0.3 is 0 Å². The van der Waals surface area contributed by atoms with Gasteiger partial charge in [-0.25, -0.2) is 4.98 Å². The summed E-state index contributed by atoms with van der Waals surface area (Å²) in [6.07, 6.45) is 5.07. The second-order valence-electron chi connectivity index (χ2n) is 5.43. The zero-order valence-electron chi connectivity index (χ0n) is 12.0. The van der Waals surface area contributed by atoms with Gasteiger partial charge in [0.15, 0.2) is 0 Å². The molecule has 21 heavy (non-hydrogen) atoms. The van der Waals surface area contributed by atoms with E-state index >= 15 is 0 Å². The topological polar surface area (TPSA) is 68.0 Å². The SMILES string of the molecule is Cc1cc(NC2CCCc3sc(C)nc32)c2nncn2n1. The van der Waals surface area contributed by atoms with Crippen molar-refractivity contribution in [1.29, 1.82) is 0 Å². The number of rotatable bonds is 2. The Morgan fingerprint density at radius 3 is 3.19 bits per heavy atom. The molecule has 1 unspecified atom stereocenters. The Hall–Kier alpha value is -2.02. The predicted molar refractivity (Wildman–Crippen MR) is 81.7 cm³/mol. The van der Waals surface area contributed by atoms with Gasteiger partial charge in [-0.15, -0.1) is 21.5 Å². The van der Waals surface area contributed by atoms with Gasteiger partial charge < -0.3 is 5.32 Å². The molecule has 7 heteroatoms. The number of hydrogen-bond acceptors (Lipinski definition) is 6. The average Bonchev–Trinajstić information content (AvgIpc) is 3.04. The van der Waals surface area contributed by atoms with Gasteiger partial charge in [0.1, 0.15) is 6.33 Å². The Morgan fingerprint density at radius 1 is 1.38 bits per heavy atom. The van der Waals surface area contributed by atoms with Crippen LogP contribution in [0.4, 0.5) is 5.69 Å². The monoisotopic (exact) mass is 300 g/mol. The molecule has 0 bridgehead atoms. The second-order valence-corrected chi connectivity index (χ2v) is 6.72. The Morgan fingerprint density at radius 2 is 2.29 bits per heavy atom. The van der Waals surface area contributed by atoms with Crippen molar-refractivity contribution >= 4 is 22.7 Å². The summed E-state index contributed by atoms with van der Waals surface area (Å²) in [5.74, 6) is 0. The van der Waals surface area contributed by atoms with Crippen molar-refractivity contribution in [2.75, 3.05) is 5.32 Å². The first-order chi connectivity index (χ1) is 10.2. The standard InChI is InChI=1S/C14H16N6S/c1-8-6-11(14-18-15-7-20(14)19-8)17-10-4-3-5-12-13(10)16-9(2)21-12/h6-7,10,17H,3-5H2,1-2H3. The highest BCUT2D eigenvalue weighted by atomic mass is 32.1. The van der Waals surface area contributed by atoms with Crippen molar-refractivity contribution < 1.29 is 0 Å². The summed E-state index contributed by atoms with van der Waals surface area (Å²) >= 11 is 1.82. The third-order valence-electron chi connectivity index (χ3n) is 3.78. The first kappa shape index (κ1) is 12.7. The van der Waals surface area contributed by atoms with Gasteiger partial charge in [0, 0.05) is 4.88 Å². The van der Waals surface area contributed by atoms with Crippen LogP contribution in [0.3, 0.4) is 0 Å². The molecule has 4 rings (SSSR count). The number of nitrogens with zero attached hydrogens (tertiary/aromatic N) is 5. The van der Waals surface area contributed by atoms with E-state index in [2.05, 4.69) is 27.5 Å². The van der Waals surface area contributed by atoms with Gasteiger partial charge in [-0.05, 0) is 39.2 Å². The van der Waals surface area contributed by atoms with E-state index in [9.17, 15) is 0 Å². The highest BCUT2D eigenvalue weighted by molar-refractivity contribution is 7.11. The molecule has 0 radical (unpaired) electrons. The van der Waals surface area contributed by atoms with E-state index in [4.69, 9.17) is 4.98 Å². The zero-order chi connectivity index (χ0) is 14.4. The van der Waals surface area contributed by atoms with E-state index in [1.807, 2.05) is 24.3 Å². The number of nitrogens with one attached hydrogen (secondary N) is 1. The van der Waals surface area contributed by atoms with E-state index < -0.39 is 0 Å². The van der Waals surface area contributed by atoms with Crippen LogP contribution in [0, 0.1) is 13.8 Å². The molecule has 3 heterocycles. The van der Waals surface area contributed by atoms with Gasteiger partial charge in [-0.1, -0.05) is 0 Å². The predicted octanol–water partition coefficient (Wildman–Crippen LogP) is 2.69. The van der Waals surface area contributed by atoms with Crippen LogP contribution in [-0.4, -0.2) is 24.8 Å². The number of anilines is 1. The third kappa shape index (κ3) is 2.17. The average molecular weight is 300 g/mol. The molecule has 1 atom stereocenters. The van der Waals surface area contributed by atoms with E-state index in [-0.39, 0.29) is 6.04 Å². The van der Waals surface area contributed by atoms with Gasteiger partial charge in [0.25, 0.3) is 0 Å². The Kier molecular flexibility index (Phi) is 2.88. The molecule has 0 aliphatic heterocycles. The van der Waals surface area contributed by atoms with Crippen molar-refractivity contribution in [3.8, 4) is 0 Å². The molecular weight excluding hydrogens is 284 g/mol. The maximum atomic E-state index is 4.72. The molecule has 1 aliphatic rings. The second kappa shape index (κ2) is 4.77. The zero-order valence-corrected chi connectivity index (χ0v) is 12.8. The minimum absolute atomic E-state index is 0.251. The molecule has 0 fully saturated rings. The lowest BCUT2D eigenvalue weighted by Gasteiger charge is -2.23. The van der Waals surface area contributed by atoms with Crippen LogP contribution in [0.15, 0.2) is 12.4 Å². The van der Waals surface area contributed by atoms with E-state index in [1.54, 1.807) is 10.8 Å². The molecule has 0 saturated heterocycles. The maximum Gasteiger partial charge on any atom is 0.200 e. The first-order valence-corrected chi connectivity index (χ1v) is 7.93. The summed E-state index contributed by atoms with van der Waals surface area (Å²) in [5, 5.41) is 17.2. The summed E-state index contributed by atoms with van der Waals surface area (Å²) in [7, 11) is 0. The van der Waals surface area contributed by atoms with Crippen molar-refractivity contribution in [3.05, 3.63) is 33.7 Å². The van der Waals surface area contributed by atoms with Gasteiger partial charge in [-0.2, -0.15) is 9.61 Å². The number of hydrogen-bond donors (Lipinski definition) is 1. The first-order valence-electron chi connectivity index (χ1n) is 7.11. The number of thiazole rings is 1. The Labute approximate surface area is 126 Å². The van der Waals surface area contributed by atoms with Crippen LogP contribution < -0.4 is 5.32 Å². The fourth-order valence-corrected chi connectivity index (χ4v) is 3.97. The van der Waals surface area contributed by atoms with Crippen molar-refractivity contribution in [3.63, 3.8) is 0 Å². The molecule has 0 saturated carbocycles. The van der Waals surface area contributed by atoms with E-state index in [1.165, 1.54) is 17.0 Å². The lowest BCUT2D eigenvalue weighted by molar-refractivity contribution is 0.593. The number of aryl methyl sites for hydroxylation is 3. The summed E-state index contributed by atoms with van der Waals surface area (Å²) in [4.78, 5) is 6.13. The van der Waals surface area contributed by atoms with Crippen LogP contribution in [0.5, 0.6) is 0 Å². The summed E-state index contributed by atoms with van der Waals surface area (Å²) in [6, 6.07) is 2.28. The molecule has 1 N–H and O–H groups in total. The molecule has 108 valence electrons. The van der Waals surface area contributed by atoms with Crippen molar-refractivity contribution in [1.82, 2.24) is 24.8 Å². The molecule has 0 aromatic carbocycles. The summed E-state index contributed by atoms with van der Waals surface area (Å²) in [6.45, 7) is 4.05. The number of fused-ring (bicyclic) bond motifs is 2.